The number of hydrogen-bond donors (Lipinski definition) is 2. The largest absolute Gasteiger partial charge is 0.573 e. The van der Waals surface area contributed by atoms with Crippen molar-refractivity contribution in [2.45, 2.75) is 30.1 Å². The van der Waals surface area contributed by atoms with Crippen LogP contribution in [-0.2, 0) is 19.6 Å². The fourth-order valence-corrected chi connectivity index (χ4v) is 5.56. The van der Waals surface area contributed by atoms with Gasteiger partial charge < -0.3 is 15.2 Å². The number of amides is 1. The van der Waals surface area contributed by atoms with Crippen molar-refractivity contribution in [3.05, 3.63) is 53.6 Å². The van der Waals surface area contributed by atoms with Crippen molar-refractivity contribution >= 4 is 39.2 Å². The molecule has 1 amide bonds. The number of carboxylic acids is 1. The summed E-state index contributed by atoms with van der Waals surface area (Å²) in [5.41, 5.74) is 0.174. The number of nitrogens with one attached hydrogen (secondary N) is 1. The van der Waals surface area contributed by atoms with Crippen molar-refractivity contribution in [1.29, 1.82) is 0 Å². The SMILES string of the molecule is O=C(Nc1ccc(OC(F)(F)F)cc1)C1CCN(S(=O)(=O)c2ccccc2Cl)C(C(=O)O)C1. The molecule has 0 aromatic heterocycles. The summed E-state index contributed by atoms with van der Waals surface area (Å²) in [5.74, 6) is -3.31. The number of alkyl halides is 3. The summed E-state index contributed by atoms with van der Waals surface area (Å²) in [6.07, 6.45) is -5.11. The lowest BCUT2D eigenvalue weighted by atomic mass is 9.91. The summed E-state index contributed by atoms with van der Waals surface area (Å²) in [5, 5.41) is 12.1. The lowest BCUT2D eigenvalue weighted by molar-refractivity contribution is -0.274. The Labute approximate surface area is 192 Å². The fourth-order valence-electron chi connectivity index (χ4n) is 3.46. The number of carbonyl (C=O) groups is 2. The van der Waals surface area contributed by atoms with Crippen LogP contribution in [0.1, 0.15) is 12.8 Å². The van der Waals surface area contributed by atoms with Crippen LogP contribution in [-0.4, -0.2) is 48.7 Å². The van der Waals surface area contributed by atoms with Gasteiger partial charge in [-0.15, -0.1) is 13.2 Å². The molecule has 1 saturated heterocycles. The second kappa shape index (κ2) is 9.57. The second-order valence-electron chi connectivity index (χ2n) is 7.18. The molecule has 1 fully saturated rings. The number of hydrogen-bond acceptors (Lipinski definition) is 5. The van der Waals surface area contributed by atoms with E-state index in [0.29, 0.717) is 0 Å². The highest BCUT2D eigenvalue weighted by Crippen LogP contribution is 2.32. The first-order valence-corrected chi connectivity index (χ1v) is 11.4. The van der Waals surface area contributed by atoms with E-state index in [1.807, 2.05) is 0 Å². The number of ether oxygens (including phenoxy) is 1. The molecule has 3 rings (SSSR count). The Balaban J connectivity index is 1.72. The zero-order valence-corrected chi connectivity index (χ0v) is 18.3. The number of carboxylic acid groups (broad SMARTS) is 1. The third-order valence-corrected chi connectivity index (χ3v) is 7.40. The summed E-state index contributed by atoms with van der Waals surface area (Å²) in [7, 11) is -4.23. The number of nitrogens with zero attached hydrogens (tertiary/aromatic N) is 1. The van der Waals surface area contributed by atoms with Crippen molar-refractivity contribution in [2.24, 2.45) is 5.92 Å². The molecular formula is C20H18ClF3N2O6S. The summed E-state index contributed by atoms with van der Waals surface area (Å²) in [6.45, 7) is -0.235. The minimum atomic E-state index is -4.85. The maximum absolute atomic E-state index is 13.0. The summed E-state index contributed by atoms with van der Waals surface area (Å²) < 4.78 is 67.3. The molecule has 0 radical (unpaired) electrons. The average Bonchev–Trinajstić information content (AvgIpc) is 2.73. The third kappa shape index (κ3) is 5.95. The number of piperidine rings is 1. The van der Waals surface area contributed by atoms with Gasteiger partial charge in [-0.1, -0.05) is 23.7 Å². The molecule has 8 nitrogen and oxygen atoms in total. The molecule has 178 valence electrons. The van der Waals surface area contributed by atoms with Crippen molar-refractivity contribution in [2.75, 3.05) is 11.9 Å². The van der Waals surface area contributed by atoms with E-state index >= 15 is 0 Å². The molecule has 33 heavy (non-hydrogen) atoms. The van der Waals surface area contributed by atoms with Crippen molar-refractivity contribution in [1.82, 2.24) is 4.31 Å². The van der Waals surface area contributed by atoms with Crippen LogP contribution in [0.3, 0.4) is 0 Å². The quantitative estimate of drug-likeness (QED) is 0.617. The zero-order valence-electron chi connectivity index (χ0n) is 16.8. The number of carbonyl (C=O) groups excluding carboxylic acids is 1. The Bertz CT molecular complexity index is 1140. The molecule has 2 atom stereocenters. The highest BCUT2D eigenvalue weighted by Gasteiger charge is 2.43. The number of aliphatic carboxylic acids is 1. The molecule has 13 heteroatoms. The molecule has 2 aromatic carbocycles. The number of anilines is 1. The molecule has 0 bridgehead atoms. The van der Waals surface area contributed by atoms with Gasteiger partial charge in [0.2, 0.25) is 15.9 Å². The second-order valence-corrected chi connectivity index (χ2v) is 9.45. The Hall–Kier alpha value is -2.83. The van der Waals surface area contributed by atoms with Crippen LogP contribution in [0.15, 0.2) is 53.4 Å². The van der Waals surface area contributed by atoms with Crippen LogP contribution >= 0.6 is 11.6 Å². The first kappa shape index (κ1) is 24.8. The van der Waals surface area contributed by atoms with E-state index in [0.717, 1.165) is 16.4 Å². The highest BCUT2D eigenvalue weighted by molar-refractivity contribution is 7.89. The number of halogens is 4. The molecule has 2 N–H and O–H groups in total. The Morgan fingerprint density at radius 2 is 1.76 bits per heavy atom. The molecule has 2 aromatic rings. The van der Waals surface area contributed by atoms with Gasteiger partial charge in [-0.05, 0) is 49.2 Å². The van der Waals surface area contributed by atoms with Gasteiger partial charge >= 0.3 is 12.3 Å². The van der Waals surface area contributed by atoms with E-state index in [4.69, 9.17) is 11.6 Å². The van der Waals surface area contributed by atoms with Crippen LogP contribution in [0.2, 0.25) is 5.02 Å². The van der Waals surface area contributed by atoms with Crippen LogP contribution < -0.4 is 10.1 Å². The van der Waals surface area contributed by atoms with Gasteiger partial charge in [0.25, 0.3) is 0 Å². The summed E-state index contributed by atoms with van der Waals surface area (Å²) >= 11 is 5.98. The summed E-state index contributed by atoms with van der Waals surface area (Å²) in [4.78, 5) is 24.2. The van der Waals surface area contributed by atoms with Crippen LogP contribution in [0, 0.1) is 5.92 Å². The molecule has 0 spiro atoms. The molecular weight excluding hydrogens is 489 g/mol. The predicted molar refractivity (Wildman–Crippen MR) is 111 cm³/mol. The van der Waals surface area contributed by atoms with Crippen LogP contribution in [0.25, 0.3) is 0 Å². The normalized spacial score (nSPS) is 19.6. The molecule has 2 unspecified atom stereocenters. The molecule has 0 saturated carbocycles. The van der Waals surface area contributed by atoms with Gasteiger partial charge in [0.05, 0.1) is 5.02 Å². The lowest BCUT2D eigenvalue weighted by Crippen LogP contribution is -2.51. The minimum absolute atomic E-state index is 0.0363. The zero-order chi connectivity index (χ0) is 24.4. The monoisotopic (exact) mass is 506 g/mol. The van der Waals surface area contributed by atoms with Gasteiger partial charge in [-0.3, -0.25) is 9.59 Å². The van der Waals surface area contributed by atoms with E-state index in [1.165, 1.54) is 36.4 Å². The fraction of sp³-hybridized carbons (Fsp3) is 0.300. The standard InChI is InChI=1S/C20H18ClF3N2O6S/c21-15-3-1-2-4-17(15)33(30,31)26-10-9-12(11-16(26)19(28)29)18(27)25-13-5-7-14(8-6-13)32-20(22,23)24/h1-8,12,16H,9-11H2,(H,25,27)(H,28,29). The maximum Gasteiger partial charge on any atom is 0.573 e. The summed E-state index contributed by atoms with van der Waals surface area (Å²) in [6, 6.07) is 8.56. The van der Waals surface area contributed by atoms with E-state index in [1.54, 1.807) is 0 Å². The Morgan fingerprint density at radius 1 is 1.12 bits per heavy atom. The van der Waals surface area contributed by atoms with Gasteiger partial charge in [0.1, 0.15) is 16.7 Å². The predicted octanol–water partition coefficient (Wildman–Crippen LogP) is 3.73. The van der Waals surface area contributed by atoms with Gasteiger partial charge in [-0.2, -0.15) is 4.31 Å². The van der Waals surface area contributed by atoms with Crippen LogP contribution in [0.5, 0.6) is 5.75 Å². The third-order valence-electron chi connectivity index (χ3n) is 4.99. The first-order valence-electron chi connectivity index (χ1n) is 9.54. The number of rotatable bonds is 6. The van der Waals surface area contributed by atoms with Gasteiger partial charge in [0.15, 0.2) is 0 Å². The molecule has 0 aliphatic carbocycles. The molecule has 1 heterocycles. The van der Waals surface area contributed by atoms with Gasteiger partial charge in [-0.25, -0.2) is 8.42 Å². The number of benzene rings is 2. The topological polar surface area (TPSA) is 113 Å². The molecule has 1 aliphatic rings. The van der Waals surface area contributed by atoms with Crippen LogP contribution in [0.4, 0.5) is 18.9 Å². The van der Waals surface area contributed by atoms with E-state index in [2.05, 4.69) is 10.1 Å². The first-order chi connectivity index (χ1) is 15.4. The minimum Gasteiger partial charge on any atom is -0.480 e. The van der Waals surface area contributed by atoms with E-state index in [-0.39, 0.29) is 35.0 Å². The average molecular weight is 507 g/mol. The molecule has 1 aliphatic heterocycles. The smallest absolute Gasteiger partial charge is 0.480 e. The van der Waals surface area contributed by atoms with Crippen molar-refractivity contribution < 1.29 is 41.0 Å². The maximum atomic E-state index is 13.0. The highest BCUT2D eigenvalue weighted by atomic mass is 35.5. The van der Waals surface area contributed by atoms with E-state index < -0.39 is 46.0 Å². The Kier molecular flexibility index (Phi) is 7.20. The van der Waals surface area contributed by atoms with Crippen molar-refractivity contribution in [3.8, 4) is 5.75 Å². The Morgan fingerprint density at radius 3 is 2.33 bits per heavy atom. The van der Waals surface area contributed by atoms with Gasteiger partial charge in [0, 0.05) is 18.2 Å². The van der Waals surface area contributed by atoms with Crippen molar-refractivity contribution in [3.63, 3.8) is 0 Å². The number of sulfonamides is 1. The lowest BCUT2D eigenvalue weighted by Gasteiger charge is -2.35. The van der Waals surface area contributed by atoms with E-state index in [9.17, 15) is 36.3 Å².